The van der Waals surface area contributed by atoms with Gasteiger partial charge < -0.3 is 19.9 Å². The van der Waals surface area contributed by atoms with E-state index in [0.29, 0.717) is 18.0 Å². The third-order valence-electron chi connectivity index (χ3n) is 5.12. The smallest absolute Gasteiger partial charge is 0.317 e. The predicted octanol–water partition coefficient (Wildman–Crippen LogP) is 2.32. The molecule has 0 spiro atoms. The van der Waals surface area contributed by atoms with Gasteiger partial charge in [0.05, 0.1) is 0 Å². The third kappa shape index (κ3) is 5.13. The number of nitrogens with zero attached hydrogens (tertiary/aromatic N) is 2. The van der Waals surface area contributed by atoms with Crippen LogP contribution in [0.3, 0.4) is 0 Å². The zero-order valence-corrected chi connectivity index (χ0v) is 14.5. The highest BCUT2D eigenvalue weighted by molar-refractivity contribution is 5.75. The summed E-state index contributed by atoms with van der Waals surface area (Å²) in [7, 11) is 1.75. The van der Waals surface area contributed by atoms with Gasteiger partial charge in [-0.05, 0) is 44.9 Å². The quantitative estimate of drug-likeness (QED) is 0.793. The molecule has 5 nitrogen and oxygen atoms in total. The fourth-order valence-corrected chi connectivity index (χ4v) is 3.56. The molecular formula is C17H33N3O2. The van der Waals surface area contributed by atoms with Gasteiger partial charge in [-0.3, -0.25) is 0 Å². The summed E-state index contributed by atoms with van der Waals surface area (Å²) < 4.78 is 5.10. The van der Waals surface area contributed by atoms with Crippen LogP contribution in [0.25, 0.3) is 0 Å². The Morgan fingerprint density at radius 1 is 1.18 bits per heavy atom. The van der Waals surface area contributed by atoms with Crippen molar-refractivity contribution in [2.75, 3.05) is 39.9 Å². The van der Waals surface area contributed by atoms with Crippen LogP contribution in [0.4, 0.5) is 4.79 Å². The van der Waals surface area contributed by atoms with Gasteiger partial charge in [0.1, 0.15) is 0 Å². The maximum Gasteiger partial charge on any atom is 0.317 e. The van der Waals surface area contributed by atoms with Crippen molar-refractivity contribution < 1.29 is 9.53 Å². The summed E-state index contributed by atoms with van der Waals surface area (Å²) in [5.41, 5.74) is 0. The van der Waals surface area contributed by atoms with E-state index in [2.05, 4.69) is 24.1 Å². The number of carbonyl (C=O) groups is 1. The molecule has 128 valence electrons. The van der Waals surface area contributed by atoms with E-state index in [9.17, 15) is 4.79 Å². The molecule has 0 unspecified atom stereocenters. The largest absolute Gasteiger partial charge is 0.385 e. The molecule has 0 aromatic rings. The standard InChI is InChI=1S/C17H33N3O2/c1-14-5-6-15(2)20(13-14)17(21)18-16-7-10-19(11-8-16)9-4-12-22-3/h14-16H,4-13H2,1-3H3,(H,18,21)/t14-,15+/m0/s1. The van der Waals surface area contributed by atoms with Crippen LogP contribution < -0.4 is 5.32 Å². The maximum atomic E-state index is 12.5. The van der Waals surface area contributed by atoms with Crippen molar-refractivity contribution >= 4 is 6.03 Å². The Hall–Kier alpha value is -0.810. The summed E-state index contributed by atoms with van der Waals surface area (Å²) in [5.74, 6) is 0.629. The molecule has 1 N–H and O–H groups in total. The van der Waals surface area contributed by atoms with Gasteiger partial charge in [0, 0.05) is 52.0 Å². The number of piperidine rings is 2. The second-order valence-electron chi connectivity index (χ2n) is 7.10. The number of hydrogen-bond donors (Lipinski definition) is 1. The molecule has 0 radical (unpaired) electrons. The van der Waals surface area contributed by atoms with Gasteiger partial charge in [-0.15, -0.1) is 0 Å². The Morgan fingerprint density at radius 2 is 1.91 bits per heavy atom. The summed E-state index contributed by atoms with van der Waals surface area (Å²) >= 11 is 0. The van der Waals surface area contributed by atoms with Crippen molar-refractivity contribution in [3.8, 4) is 0 Å². The minimum Gasteiger partial charge on any atom is -0.385 e. The van der Waals surface area contributed by atoms with Crippen LogP contribution in [-0.4, -0.2) is 67.8 Å². The normalized spacial score (nSPS) is 27.9. The van der Waals surface area contributed by atoms with Crippen LogP contribution in [0, 0.1) is 5.92 Å². The molecule has 2 atom stereocenters. The van der Waals surface area contributed by atoms with Crippen molar-refractivity contribution in [1.29, 1.82) is 0 Å². The summed E-state index contributed by atoms with van der Waals surface area (Å²) in [6.07, 6.45) is 5.60. The average molecular weight is 311 g/mol. The molecule has 0 aromatic carbocycles. The predicted molar refractivity (Wildman–Crippen MR) is 89.1 cm³/mol. The zero-order valence-electron chi connectivity index (χ0n) is 14.5. The summed E-state index contributed by atoms with van der Waals surface area (Å²) in [6, 6.07) is 0.873. The molecule has 2 aliphatic rings. The average Bonchev–Trinajstić information content (AvgIpc) is 2.51. The minimum absolute atomic E-state index is 0.150. The van der Waals surface area contributed by atoms with Gasteiger partial charge in [0.2, 0.25) is 0 Å². The monoisotopic (exact) mass is 311 g/mol. The summed E-state index contributed by atoms with van der Waals surface area (Å²) in [5, 5.41) is 3.26. The van der Waals surface area contributed by atoms with Crippen molar-refractivity contribution in [3.05, 3.63) is 0 Å². The van der Waals surface area contributed by atoms with E-state index in [1.165, 1.54) is 6.42 Å². The highest BCUT2D eigenvalue weighted by atomic mass is 16.5. The van der Waals surface area contributed by atoms with Crippen LogP contribution >= 0.6 is 0 Å². The number of hydrogen-bond acceptors (Lipinski definition) is 3. The van der Waals surface area contributed by atoms with E-state index < -0.39 is 0 Å². The second-order valence-corrected chi connectivity index (χ2v) is 7.10. The first-order valence-corrected chi connectivity index (χ1v) is 8.88. The number of nitrogens with one attached hydrogen (secondary N) is 1. The van der Waals surface area contributed by atoms with E-state index >= 15 is 0 Å². The van der Waals surface area contributed by atoms with Crippen molar-refractivity contribution in [3.63, 3.8) is 0 Å². The Kier molecular flexibility index (Phi) is 6.96. The Morgan fingerprint density at radius 3 is 2.59 bits per heavy atom. The molecule has 0 saturated carbocycles. The molecule has 0 aromatic heterocycles. The molecule has 2 amide bonds. The fraction of sp³-hybridized carbons (Fsp3) is 0.941. The van der Waals surface area contributed by atoms with Crippen LogP contribution in [0.5, 0.6) is 0 Å². The molecule has 22 heavy (non-hydrogen) atoms. The van der Waals surface area contributed by atoms with E-state index in [1.54, 1.807) is 7.11 Å². The SMILES string of the molecule is COCCCN1CCC(NC(=O)N2C[C@@H](C)CC[C@H]2C)CC1. The highest BCUT2D eigenvalue weighted by Crippen LogP contribution is 2.21. The van der Waals surface area contributed by atoms with E-state index in [-0.39, 0.29) is 6.03 Å². The second kappa shape index (κ2) is 8.73. The van der Waals surface area contributed by atoms with E-state index in [4.69, 9.17) is 4.74 Å². The lowest BCUT2D eigenvalue weighted by atomic mass is 9.95. The van der Waals surface area contributed by atoms with Gasteiger partial charge in [0.25, 0.3) is 0 Å². The molecular weight excluding hydrogens is 278 g/mol. The molecule has 5 heteroatoms. The lowest BCUT2D eigenvalue weighted by Gasteiger charge is -2.39. The highest BCUT2D eigenvalue weighted by Gasteiger charge is 2.29. The molecule has 2 rings (SSSR count). The van der Waals surface area contributed by atoms with E-state index in [1.807, 2.05) is 4.90 Å². The first-order chi connectivity index (χ1) is 10.6. The number of ether oxygens (including phenoxy) is 1. The summed E-state index contributed by atoms with van der Waals surface area (Å²) in [6.45, 7) is 9.43. The van der Waals surface area contributed by atoms with Crippen molar-refractivity contribution in [2.45, 2.75) is 58.0 Å². The number of carbonyl (C=O) groups excluding carboxylic acids is 1. The van der Waals surface area contributed by atoms with Gasteiger partial charge in [0.15, 0.2) is 0 Å². The van der Waals surface area contributed by atoms with Crippen molar-refractivity contribution in [2.24, 2.45) is 5.92 Å². The molecule has 0 bridgehead atoms. The maximum absolute atomic E-state index is 12.5. The first-order valence-electron chi connectivity index (χ1n) is 8.88. The topological polar surface area (TPSA) is 44.8 Å². The Bertz CT molecular complexity index is 343. The fourth-order valence-electron chi connectivity index (χ4n) is 3.56. The van der Waals surface area contributed by atoms with Crippen molar-refractivity contribution in [1.82, 2.24) is 15.1 Å². The van der Waals surface area contributed by atoms with Crippen LogP contribution in [0.15, 0.2) is 0 Å². The number of methoxy groups -OCH3 is 1. The number of amides is 2. The number of urea groups is 1. The number of rotatable bonds is 5. The molecule has 2 heterocycles. The first kappa shape index (κ1) is 17.5. The number of likely N-dealkylation sites (tertiary alicyclic amines) is 2. The van der Waals surface area contributed by atoms with Crippen LogP contribution in [0.2, 0.25) is 0 Å². The molecule has 0 aliphatic carbocycles. The minimum atomic E-state index is 0.150. The third-order valence-corrected chi connectivity index (χ3v) is 5.12. The Balaban J connectivity index is 1.70. The van der Waals surface area contributed by atoms with Gasteiger partial charge in [-0.1, -0.05) is 6.92 Å². The molecule has 2 fully saturated rings. The van der Waals surface area contributed by atoms with Crippen LogP contribution in [0.1, 0.15) is 46.0 Å². The lowest BCUT2D eigenvalue weighted by molar-refractivity contribution is 0.124. The zero-order chi connectivity index (χ0) is 15.9. The Labute approximate surface area is 135 Å². The molecule has 2 saturated heterocycles. The summed E-state index contributed by atoms with van der Waals surface area (Å²) in [4.78, 5) is 17.0. The van der Waals surface area contributed by atoms with Gasteiger partial charge >= 0.3 is 6.03 Å². The van der Waals surface area contributed by atoms with E-state index in [0.717, 1.165) is 58.5 Å². The lowest BCUT2D eigenvalue weighted by Crippen LogP contribution is -2.53. The van der Waals surface area contributed by atoms with Gasteiger partial charge in [-0.2, -0.15) is 0 Å². The van der Waals surface area contributed by atoms with Crippen LogP contribution in [-0.2, 0) is 4.74 Å². The molecule has 2 aliphatic heterocycles. The van der Waals surface area contributed by atoms with Gasteiger partial charge in [-0.25, -0.2) is 4.79 Å².